The van der Waals surface area contributed by atoms with Crippen molar-refractivity contribution < 1.29 is 14.3 Å². The molecule has 0 unspecified atom stereocenters. The molecule has 25 heavy (non-hydrogen) atoms. The fraction of sp³-hybridized carbons (Fsp3) is 0.722. The van der Waals surface area contributed by atoms with Crippen molar-refractivity contribution in [3.8, 4) is 0 Å². The lowest BCUT2D eigenvalue weighted by atomic mass is 9.95. The number of carbonyl (C=O) groups is 2. The first-order valence-electron chi connectivity index (χ1n) is 9.11. The maximum atomic E-state index is 12.5. The molecule has 0 radical (unpaired) electrons. The smallest absolute Gasteiger partial charge is 0.410 e. The molecule has 0 N–H and O–H groups in total. The molecule has 1 aromatic rings. The number of aryl methyl sites for hydroxylation is 3. The number of likely N-dealkylation sites (N-methyl/N-ethyl adjacent to an activating group) is 1. The predicted molar refractivity (Wildman–Crippen MR) is 93.2 cm³/mol. The molecular weight excluding hydrogens is 320 g/mol. The van der Waals surface area contributed by atoms with Gasteiger partial charge in [-0.25, -0.2) is 4.79 Å². The highest BCUT2D eigenvalue weighted by atomic mass is 16.6. The van der Waals surface area contributed by atoms with Crippen LogP contribution in [0.1, 0.15) is 43.5 Å². The molecule has 2 saturated heterocycles. The van der Waals surface area contributed by atoms with Gasteiger partial charge in [0.15, 0.2) is 0 Å². The molecule has 0 saturated carbocycles. The van der Waals surface area contributed by atoms with E-state index < -0.39 is 5.60 Å². The zero-order valence-corrected chi connectivity index (χ0v) is 15.5. The van der Waals surface area contributed by atoms with E-state index in [1.807, 2.05) is 23.4 Å². The van der Waals surface area contributed by atoms with Crippen LogP contribution in [0.4, 0.5) is 4.79 Å². The second-order valence-corrected chi connectivity index (χ2v) is 7.40. The summed E-state index contributed by atoms with van der Waals surface area (Å²) in [5.74, 6) is 0.191. The Bertz CT molecular complexity index is 657. The largest absolute Gasteiger partial charge is 0.441 e. The Kier molecular flexibility index (Phi) is 5.01. The quantitative estimate of drug-likeness (QED) is 0.836. The third-order valence-corrected chi connectivity index (χ3v) is 5.26. The van der Waals surface area contributed by atoms with Crippen molar-refractivity contribution >= 4 is 12.0 Å². The van der Waals surface area contributed by atoms with Crippen LogP contribution in [-0.2, 0) is 16.1 Å². The van der Waals surface area contributed by atoms with Gasteiger partial charge in [-0.3, -0.25) is 9.48 Å². The minimum absolute atomic E-state index is 0.191. The summed E-state index contributed by atoms with van der Waals surface area (Å²) in [7, 11) is 1.77. The van der Waals surface area contributed by atoms with Crippen LogP contribution in [0.3, 0.4) is 0 Å². The number of carbonyl (C=O) groups excluding carboxylic acids is 2. The summed E-state index contributed by atoms with van der Waals surface area (Å²) in [6.45, 7) is 6.84. The Labute approximate surface area is 148 Å². The SMILES string of the molecule is Cc1cc(C)n(CCCC(=O)N2CCC[C@]3(CC2)CN(C)C(=O)O3)n1. The van der Waals surface area contributed by atoms with E-state index in [1.54, 1.807) is 11.9 Å². The maximum absolute atomic E-state index is 12.5. The summed E-state index contributed by atoms with van der Waals surface area (Å²) in [4.78, 5) is 27.8. The standard InChI is InChI=1S/C18H28N4O3/c1-14-12-15(2)22(19-14)10-4-6-16(23)21-9-5-7-18(8-11-21)13-20(3)17(24)25-18/h12H,4-11,13H2,1-3H3/t18-/m0/s1. The van der Waals surface area contributed by atoms with Crippen LogP contribution in [0, 0.1) is 13.8 Å². The third-order valence-electron chi connectivity index (χ3n) is 5.26. The van der Waals surface area contributed by atoms with E-state index in [2.05, 4.69) is 11.2 Å². The lowest BCUT2D eigenvalue weighted by Gasteiger charge is -2.25. The van der Waals surface area contributed by atoms with Crippen molar-refractivity contribution in [3.63, 3.8) is 0 Å². The van der Waals surface area contributed by atoms with Gasteiger partial charge < -0.3 is 14.5 Å². The molecule has 1 spiro atoms. The topological polar surface area (TPSA) is 67.7 Å². The minimum atomic E-state index is -0.398. The normalized spacial score (nSPS) is 23.9. The van der Waals surface area contributed by atoms with Gasteiger partial charge >= 0.3 is 6.09 Å². The van der Waals surface area contributed by atoms with Crippen molar-refractivity contribution in [1.29, 1.82) is 0 Å². The number of hydrogen-bond donors (Lipinski definition) is 0. The van der Waals surface area contributed by atoms with Crippen LogP contribution < -0.4 is 0 Å². The first-order chi connectivity index (χ1) is 11.9. The molecule has 1 aromatic heterocycles. The highest BCUT2D eigenvalue weighted by Crippen LogP contribution is 2.32. The molecule has 3 rings (SSSR count). The van der Waals surface area contributed by atoms with E-state index in [1.165, 1.54) is 0 Å². The molecule has 7 nitrogen and oxygen atoms in total. The van der Waals surface area contributed by atoms with Gasteiger partial charge in [-0.15, -0.1) is 0 Å². The zero-order chi connectivity index (χ0) is 18.0. The zero-order valence-electron chi connectivity index (χ0n) is 15.5. The number of hydrogen-bond acceptors (Lipinski definition) is 4. The lowest BCUT2D eigenvalue weighted by molar-refractivity contribution is -0.131. The third kappa shape index (κ3) is 3.96. The Morgan fingerprint density at radius 3 is 2.76 bits per heavy atom. The molecule has 2 amide bonds. The number of ether oxygens (including phenoxy) is 1. The van der Waals surface area contributed by atoms with Crippen LogP contribution >= 0.6 is 0 Å². The van der Waals surface area contributed by atoms with Gasteiger partial charge in [0.25, 0.3) is 0 Å². The first-order valence-corrected chi connectivity index (χ1v) is 9.11. The average molecular weight is 348 g/mol. The summed E-state index contributed by atoms with van der Waals surface area (Å²) >= 11 is 0. The fourth-order valence-electron chi connectivity index (χ4n) is 3.91. The monoisotopic (exact) mass is 348 g/mol. The van der Waals surface area contributed by atoms with Crippen molar-refractivity contribution in [3.05, 3.63) is 17.5 Å². The number of nitrogens with zero attached hydrogens (tertiary/aromatic N) is 4. The Morgan fingerprint density at radius 2 is 2.12 bits per heavy atom. The van der Waals surface area contributed by atoms with Crippen molar-refractivity contribution in [2.75, 3.05) is 26.7 Å². The van der Waals surface area contributed by atoms with Crippen LogP contribution in [0.2, 0.25) is 0 Å². The first kappa shape index (κ1) is 17.8. The molecule has 138 valence electrons. The molecule has 2 aliphatic heterocycles. The molecule has 2 aliphatic rings. The predicted octanol–water partition coefficient (Wildman–Crippen LogP) is 2.11. The highest BCUT2D eigenvalue weighted by Gasteiger charge is 2.44. The van der Waals surface area contributed by atoms with Gasteiger partial charge in [0.05, 0.1) is 12.2 Å². The van der Waals surface area contributed by atoms with Gasteiger partial charge in [-0.05, 0) is 39.2 Å². The van der Waals surface area contributed by atoms with E-state index in [-0.39, 0.29) is 12.0 Å². The molecule has 0 aromatic carbocycles. The van der Waals surface area contributed by atoms with E-state index >= 15 is 0 Å². The molecule has 0 bridgehead atoms. The molecule has 2 fully saturated rings. The molecule has 0 aliphatic carbocycles. The summed E-state index contributed by atoms with van der Waals surface area (Å²) in [6.07, 6.45) is 3.52. The van der Waals surface area contributed by atoms with Gasteiger partial charge in [-0.2, -0.15) is 5.10 Å². The van der Waals surface area contributed by atoms with Gasteiger partial charge in [-0.1, -0.05) is 0 Å². The fourth-order valence-corrected chi connectivity index (χ4v) is 3.91. The molecule has 3 heterocycles. The van der Waals surface area contributed by atoms with E-state index in [0.717, 1.165) is 50.2 Å². The van der Waals surface area contributed by atoms with E-state index in [4.69, 9.17) is 4.74 Å². The molecular formula is C18H28N4O3. The van der Waals surface area contributed by atoms with Gasteiger partial charge in [0.1, 0.15) is 5.60 Å². The maximum Gasteiger partial charge on any atom is 0.410 e. The summed E-state index contributed by atoms with van der Waals surface area (Å²) in [5.41, 5.74) is 1.75. The van der Waals surface area contributed by atoms with Crippen LogP contribution in [0.15, 0.2) is 6.07 Å². The van der Waals surface area contributed by atoms with Crippen molar-refractivity contribution in [2.45, 2.75) is 58.1 Å². The number of likely N-dealkylation sites (tertiary alicyclic amines) is 1. The number of amides is 2. The van der Waals surface area contributed by atoms with Crippen molar-refractivity contribution in [2.24, 2.45) is 0 Å². The summed E-state index contributed by atoms with van der Waals surface area (Å²) in [6, 6.07) is 2.05. The number of rotatable bonds is 4. The van der Waals surface area contributed by atoms with E-state index in [9.17, 15) is 9.59 Å². The average Bonchev–Trinajstić information content (AvgIpc) is 2.92. The summed E-state index contributed by atoms with van der Waals surface area (Å²) < 4.78 is 7.57. The van der Waals surface area contributed by atoms with Crippen LogP contribution in [0.5, 0.6) is 0 Å². The van der Waals surface area contributed by atoms with E-state index in [0.29, 0.717) is 19.5 Å². The molecule has 7 heteroatoms. The second kappa shape index (κ2) is 7.06. The highest BCUT2D eigenvalue weighted by molar-refractivity contribution is 5.76. The lowest BCUT2D eigenvalue weighted by Crippen LogP contribution is -2.36. The number of aromatic nitrogens is 2. The summed E-state index contributed by atoms with van der Waals surface area (Å²) in [5, 5.41) is 4.44. The minimum Gasteiger partial charge on any atom is -0.441 e. The Hall–Kier alpha value is -2.05. The van der Waals surface area contributed by atoms with Crippen molar-refractivity contribution in [1.82, 2.24) is 19.6 Å². The Balaban J connectivity index is 1.48. The Morgan fingerprint density at radius 1 is 1.32 bits per heavy atom. The van der Waals surface area contributed by atoms with Gasteiger partial charge in [0.2, 0.25) is 5.91 Å². The van der Waals surface area contributed by atoms with Crippen LogP contribution in [-0.4, -0.2) is 63.9 Å². The van der Waals surface area contributed by atoms with Gasteiger partial charge in [0, 0.05) is 45.2 Å². The second-order valence-electron chi connectivity index (χ2n) is 7.40. The molecule has 1 atom stereocenters. The van der Waals surface area contributed by atoms with Crippen LogP contribution in [0.25, 0.3) is 0 Å².